The Bertz CT molecular complexity index is 1320. The van der Waals surface area contributed by atoms with Crippen LogP contribution in [-0.2, 0) is 24.2 Å². The van der Waals surface area contributed by atoms with Gasteiger partial charge in [-0.05, 0) is 47.5 Å². The smallest absolute Gasteiger partial charge is 0.136 e. The van der Waals surface area contributed by atoms with Crippen molar-refractivity contribution in [2.75, 3.05) is 36.5 Å². The molecular formula is C28H28N6O. The van der Waals surface area contributed by atoms with Gasteiger partial charge in [0.15, 0.2) is 0 Å². The van der Waals surface area contributed by atoms with Crippen molar-refractivity contribution in [1.29, 1.82) is 0 Å². The number of hydrogen-bond acceptors (Lipinski definition) is 6. The maximum Gasteiger partial charge on any atom is 0.136 e. The van der Waals surface area contributed by atoms with Gasteiger partial charge in [0.1, 0.15) is 5.82 Å². The summed E-state index contributed by atoms with van der Waals surface area (Å²) in [6, 6.07) is 23.2. The molecule has 0 unspecified atom stereocenters. The summed E-state index contributed by atoms with van der Waals surface area (Å²) in [5, 5.41) is 8.16. The quantitative estimate of drug-likeness (QED) is 0.448. The van der Waals surface area contributed by atoms with Crippen LogP contribution in [0.3, 0.4) is 0 Å². The number of benzene rings is 2. The second kappa shape index (κ2) is 9.72. The molecule has 4 heterocycles. The Morgan fingerprint density at radius 3 is 2.60 bits per heavy atom. The lowest BCUT2D eigenvalue weighted by Gasteiger charge is -2.29. The molecular weight excluding hydrogens is 436 g/mol. The van der Waals surface area contributed by atoms with Gasteiger partial charge in [-0.3, -0.25) is 9.67 Å². The molecule has 0 radical (unpaired) electrons. The average Bonchev–Trinajstić information content (AvgIpc) is 3.38. The van der Waals surface area contributed by atoms with E-state index >= 15 is 0 Å². The summed E-state index contributed by atoms with van der Waals surface area (Å²) < 4.78 is 7.50. The van der Waals surface area contributed by atoms with Crippen molar-refractivity contribution < 1.29 is 4.74 Å². The van der Waals surface area contributed by atoms with Crippen LogP contribution in [-0.4, -0.2) is 47.3 Å². The monoisotopic (exact) mass is 464 g/mol. The molecule has 1 fully saturated rings. The van der Waals surface area contributed by atoms with Crippen molar-refractivity contribution in [3.8, 4) is 11.4 Å². The Morgan fingerprint density at radius 2 is 1.77 bits per heavy atom. The Hall–Kier alpha value is -3.97. The number of aromatic nitrogens is 3. The first-order valence-electron chi connectivity index (χ1n) is 12.1. The molecule has 0 spiro atoms. The van der Waals surface area contributed by atoms with Crippen molar-refractivity contribution in [1.82, 2.24) is 14.8 Å². The van der Waals surface area contributed by atoms with Crippen LogP contribution < -0.4 is 10.2 Å². The lowest BCUT2D eigenvalue weighted by molar-refractivity contribution is 0.122. The van der Waals surface area contributed by atoms with E-state index in [2.05, 4.69) is 74.9 Å². The highest BCUT2D eigenvalue weighted by atomic mass is 16.5. The van der Waals surface area contributed by atoms with Crippen LogP contribution in [0.2, 0.25) is 0 Å². The third-order valence-electron chi connectivity index (χ3n) is 6.57. The van der Waals surface area contributed by atoms with E-state index in [1.54, 1.807) is 0 Å². The second-order valence-corrected chi connectivity index (χ2v) is 8.85. The van der Waals surface area contributed by atoms with Crippen LogP contribution in [0.1, 0.15) is 16.7 Å². The maximum atomic E-state index is 5.48. The average molecular weight is 465 g/mol. The normalized spacial score (nSPS) is 15.1. The van der Waals surface area contributed by atoms with Gasteiger partial charge >= 0.3 is 0 Å². The van der Waals surface area contributed by atoms with E-state index in [4.69, 9.17) is 9.72 Å². The van der Waals surface area contributed by atoms with Crippen molar-refractivity contribution in [3.63, 3.8) is 0 Å². The maximum absolute atomic E-state index is 5.48. The first kappa shape index (κ1) is 21.6. The Labute approximate surface area is 205 Å². The first-order chi connectivity index (χ1) is 17.3. The fourth-order valence-electron chi connectivity index (χ4n) is 4.68. The number of hydrogen-bond donors (Lipinski definition) is 1. The fourth-order valence-corrected chi connectivity index (χ4v) is 4.68. The number of pyridine rings is 1. The predicted octanol–water partition coefficient (Wildman–Crippen LogP) is 4.70. The molecule has 2 aliphatic heterocycles. The van der Waals surface area contributed by atoms with Gasteiger partial charge in [0.05, 0.1) is 37.7 Å². The van der Waals surface area contributed by atoms with Gasteiger partial charge in [0.2, 0.25) is 0 Å². The number of nitrogens with zero attached hydrogens (tertiary/aromatic N) is 5. The molecule has 0 bridgehead atoms. The summed E-state index contributed by atoms with van der Waals surface area (Å²) in [6.07, 6.45) is 4.65. The highest BCUT2D eigenvalue weighted by Gasteiger charge is 2.18. The van der Waals surface area contributed by atoms with E-state index in [1.165, 1.54) is 16.8 Å². The molecule has 7 nitrogen and oxygen atoms in total. The summed E-state index contributed by atoms with van der Waals surface area (Å²) in [4.78, 5) is 11.9. The van der Waals surface area contributed by atoms with Crippen LogP contribution in [0.5, 0.6) is 0 Å². The van der Waals surface area contributed by atoms with Crippen molar-refractivity contribution in [2.24, 2.45) is 4.99 Å². The Balaban J connectivity index is 1.30. The molecule has 2 aliphatic rings. The van der Waals surface area contributed by atoms with Gasteiger partial charge in [-0.1, -0.05) is 30.3 Å². The molecule has 35 heavy (non-hydrogen) atoms. The number of morpholine rings is 1. The summed E-state index contributed by atoms with van der Waals surface area (Å²) in [7, 11) is 0. The molecule has 2 aromatic heterocycles. The molecule has 1 saturated heterocycles. The van der Waals surface area contributed by atoms with Crippen LogP contribution in [0.15, 0.2) is 77.9 Å². The zero-order valence-corrected chi connectivity index (χ0v) is 19.6. The SMILES string of the molecule is C1=NCc2c(cc(-c3ccnn3Cc3ccccc3)nc2Nc2ccc(N3CCOCC3)cc2)C1. The van der Waals surface area contributed by atoms with Gasteiger partial charge in [-0.2, -0.15) is 5.10 Å². The van der Waals surface area contributed by atoms with Crippen LogP contribution in [0.4, 0.5) is 17.2 Å². The minimum atomic E-state index is 0.639. The van der Waals surface area contributed by atoms with E-state index in [-0.39, 0.29) is 0 Å². The topological polar surface area (TPSA) is 67.6 Å². The number of nitrogens with one attached hydrogen (secondary N) is 1. The highest BCUT2D eigenvalue weighted by Crippen LogP contribution is 2.31. The summed E-state index contributed by atoms with van der Waals surface area (Å²) in [5.41, 5.74) is 7.77. The Morgan fingerprint density at radius 1 is 0.943 bits per heavy atom. The van der Waals surface area contributed by atoms with E-state index in [1.807, 2.05) is 29.2 Å². The van der Waals surface area contributed by atoms with Crippen LogP contribution >= 0.6 is 0 Å². The number of anilines is 3. The van der Waals surface area contributed by atoms with Crippen LogP contribution in [0, 0.1) is 0 Å². The van der Waals surface area contributed by atoms with Crippen molar-refractivity contribution in [3.05, 3.63) is 89.6 Å². The summed E-state index contributed by atoms with van der Waals surface area (Å²) in [6.45, 7) is 4.76. The third kappa shape index (κ3) is 4.68. The molecule has 176 valence electrons. The van der Waals surface area contributed by atoms with Gasteiger partial charge in [0, 0.05) is 48.9 Å². The zero-order valence-electron chi connectivity index (χ0n) is 19.6. The molecule has 4 aromatic rings. The molecule has 0 atom stereocenters. The van der Waals surface area contributed by atoms with Crippen molar-refractivity contribution in [2.45, 2.75) is 19.5 Å². The summed E-state index contributed by atoms with van der Waals surface area (Å²) in [5.74, 6) is 0.862. The third-order valence-corrected chi connectivity index (χ3v) is 6.57. The standard InChI is InChI=1S/C28H28N6O/c1-2-4-21(5-3-1)20-34-27(11-13-30-34)26-18-22-10-12-29-19-25(22)28(32-26)31-23-6-8-24(9-7-23)33-14-16-35-17-15-33/h1-9,11-13,18H,10,14-17,19-20H2,(H,31,32). The minimum Gasteiger partial charge on any atom is -0.378 e. The molecule has 6 rings (SSSR count). The molecule has 0 saturated carbocycles. The van der Waals surface area contributed by atoms with Gasteiger partial charge in [0.25, 0.3) is 0 Å². The fraction of sp³-hybridized carbons (Fsp3) is 0.250. The minimum absolute atomic E-state index is 0.639. The van der Waals surface area contributed by atoms with Crippen LogP contribution in [0.25, 0.3) is 11.4 Å². The molecule has 1 N–H and O–H groups in total. The molecule has 7 heteroatoms. The van der Waals surface area contributed by atoms with E-state index in [9.17, 15) is 0 Å². The Kier molecular flexibility index (Phi) is 5.99. The lowest BCUT2D eigenvalue weighted by atomic mass is 10.0. The second-order valence-electron chi connectivity index (χ2n) is 8.85. The van der Waals surface area contributed by atoms with Gasteiger partial charge < -0.3 is 15.0 Å². The predicted molar refractivity (Wildman–Crippen MR) is 140 cm³/mol. The lowest BCUT2D eigenvalue weighted by Crippen LogP contribution is -2.36. The van der Waals surface area contributed by atoms with Gasteiger partial charge in [-0.15, -0.1) is 0 Å². The van der Waals surface area contributed by atoms with Crippen molar-refractivity contribution >= 4 is 23.4 Å². The van der Waals surface area contributed by atoms with E-state index < -0.39 is 0 Å². The zero-order chi connectivity index (χ0) is 23.5. The number of aliphatic imine (C=N–C) groups is 1. The molecule has 0 aliphatic carbocycles. The van der Waals surface area contributed by atoms with E-state index in [0.29, 0.717) is 13.1 Å². The molecule has 0 amide bonds. The molecule has 2 aromatic carbocycles. The summed E-state index contributed by atoms with van der Waals surface area (Å²) >= 11 is 0. The number of fused-ring (bicyclic) bond motifs is 1. The number of rotatable bonds is 6. The van der Waals surface area contributed by atoms with E-state index in [0.717, 1.165) is 61.2 Å². The largest absolute Gasteiger partial charge is 0.378 e. The highest BCUT2D eigenvalue weighted by molar-refractivity contribution is 5.73. The van der Waals surface area contributed by atoms with Gasteiger partial charge in [-0.25, -0.2) is 4.98 Å². The number of ether oxygens (including phenoxy) is 1. The first-order valence-corrected chi connectivity index (χ1v) is 12.1.